The van der Waals surface area contributed by atoms with E-state index in [0.717, 1.165) is 5.56 Å². The van der Waals surface area contributed by atoms with E-state index < -0.39 is 12.0 Å². The van der Waals surface area contributed by atoms with Crippen LogP contribution in [0.5, 0.6) is 0 Å². The van der Waals surface area contributed by atoms with Crippen molar-refractivity contribution in [1.82, 2.24) is 10.3 Å². The number of nitrogens with one attached hydrogen (secondary N) is 2. The molecule has 2 rings (SSSR count). The van der Waals surface area contributed by atoms with Crippen LogP contribution in [0.3, 0.4) is 0 Å². The van der Waals surface area contributed by atoms with E-state index in [1.807, 2.05) is 31.2 Å². The minimum absolute atomic E-state index is 0.0934. The number of carbonyl (C=O) groups is 2. The molecule has 0 aliphatic rings. The summed E-state index contributed by atoms with van der Waals surface area (Å²) in [4.78, 5) is 27.7. The molecule has 0 saturated heterocycles. The lowest BCUT2D eigenvalue weighted by atomic mass is 10.0. The molecule has 0 amide bonds. The normalized spacial score (nSPS) is 13.4. The first-order valence-electron chi connectivity index (χ1n) is 8.10. The van der Waals surface area contributed by atoms with Crippen molar-refractivity contribution in [1.29, 1.82) is 0 Å². The third-order valence-electron chi connectivity index (χ3n) is 4.34. The molecule has 2 aromatic rings. The van der Waals surface area contributed by atoms with Crippen molar-refractivity contribution in [2.24, 2.45) is 0 Å². The summed E-state index contributed by atoms with van der Waals surface area (Å²) in [6.07, 6.45) is 0. The first-order chi connectivity index (χ1) is 11.8. The number of esters is 1. The number of Topliss-reactive ketones (excluding diaryl/α,β-unsaturated/α-hetero) is 1. The zero-order valence-corrected chi connectivity index (χ0v) is 15.8. The SMILES string of the molecule is COC(=O)c1c(C)[nH]c(C(=O)[C@@H](C)N[C@H](C)c2ccccc2Cl)c1C. The number of hydrogen-bond donors (Lipinski definition) is 2. The molecule has 0 radical (unpaired) electrons. The second-order valence-electron chi connectivity index (χ2n) is 6.11. The van der Waals surface area contributed by atoms with E-state index in [0.29, 0.717) is 27.5 Å². The fraction of sp³-hybridized carbons (Fsp3) is 0.368. The molecule has 6 heteroatoms. The van der Waals surface area contributed by atoms with E-state index in [2.05, 4.69) is 10.3 Å². The van der Waals surface area contributed by atoms with Crippen LogP contribution < -0.4 is 5.32 Å². The van der Waals surface area contributed by atoms with Gasteiger partial charge in [-0.2, -0.15) is 0 Å². The van der Waals surface area contributed by atoms with Crippen LogP contribution >= 0.6 is 11.6 Å². The number of hydrogen-bond acceptors (Lipinski definition) is 4. The lowest BCUT2D eigenvalue weighted by Crippen LogP contribution is -2.36. The number of rotatable bonds is 6. The Balaban J connectivity index is 2.21. The Morgan fingerprint density at radius 2 is 1.84 bits per heavy atom. The first-order valence-corrected chi connectivity index (χ1v) is 8.47. The lowest BCUT2D eigenvalue weighted by Gasteiger charge is -2.20. The van der Waals surface area contributed by atoms with Crippen molar-refractivity contribution in [3.05, 3.63) is 57.4 Å². The standard InChI is InChI=1S/C19H23ClN2O3/c1-10-16(19(24)25-5)12(3)22-17(10)18(23)13(4)21-11(2)14-8-6-7-9-15(14)20/h6-9,11,13,21-22H,1-5H3/t11-,13-/m1/s1. The van der Waals surface area contributed by atoms with Crippen LogP contribution in [0, 0.1) is 13.8 Å². The van der Waals surface area contributed by atoms with Gasteiger partial charge in [-0.1, -0.05) is 29.8 Å². The van der Waals surface area contributed by atoms with E-state index >= 15 is 0 Å². The molecular weight excluding hydrogens is 340 g/mol. The summed E-state index contributed by atoms with van der Waals surface area (Å²) >= 11 is 6.22. The van der Waals surface area contributed by atoms with Gasteiger partial charge in [0.05, 0.1) is 24.4 Å². The number of aryl methyl sites for hydroxylation is 1. The molecule has 1 heterocycles. The number of aromatic amines is 1. The third-order valence-corrected chi connectivity index (χ3v) is 4.68. The zero-order chi connectivity index (χ0) is 18.7. The van der Waals surface area contributed by atoms with Crippen LogP contribution in [0.2, 0.25) is 5.02 Å². The molecule has 0 saturated carbocycles. The summed E-state index contributed by atoms with van der Waals surface area (Å²) in [5.41, 5.74) is 2.99. The van der Waals surface area contributed by atoms with E-state index in [1.54, 1.807) is 20.8 Å². The quantitative estimate of drug-likeness (QED) is 0.602. The summed E-state index contributed by atoms with van der Waals surface area (Å²) < 4.78 is 4.79. The Morgan fingerprint density at radius 1 is 1.20 bits per heavy atom. The van der Waals surface area contributed by atoms with Gasteiger partial charge in [0.15, 0.2) is 5.78 Å². The molecule has 0 unspecified atom stereocenters. The van der Waals surface area contributed by atoms with Gasteiger partial charge >= 0.3 is 5.97 Å². The van der Waals surface area contributed by atoms with Crippen LogP contribution in [0.25, 0.3) is 0 Å². The van der Waals surface area contributed by atoms with Crippen molar-refractivity contribution >= 4 is 23.4 Å². The van der Waals surface area contributed by atoms with Crippen LogP contribution in [0.4, 0.5) is 0 Å². The van der Waals surface area contributed by atoms with Gasteiger partial charge in [-0.3, -0.25) is 4.79 Å². The molecular formula is C19H23ClN2O3. The first kappa shape index (κ1) is 19.2. The molecule has 5 nitrogen and oxygen atoms in total. The minimum atomic E-state index is -0.450. The van der Waals surface area contributed by atoms with Crippen LogP contribution in [0.15, 0.2) is 24.3 Å². The van der Waals surface area contributed by atoms with Crippen molar-refractivity contribution < 1.29 is 14.3 Å². The number of ether oxygens (including phenoxy) is 1. The fourth-order valence-corrected chi connectivity index (χ4v) is 3.29. The molecule has 2 N–H and O–H groups in total. The van der Waals surface area contributed by atoms with Crippen LogP contribution in [-0.2, 0) is 4.74 Å². The maximum Gasteiger partial charge on any atom is 0.339 e. The molecule has 1 aromatic carbocycles. The maximum atomic E-state index is 12.8. The number of aromatic nitrogens is 1. The highest BCUT2D eigenvalue weighted by atomic mass is 35.5. The van der Waals surface area contributed by atoms with Gasteiger partial charge in [0, 0.05) is 16.8 Å². The van der Waals surface area contributed by atoms with Gasteiger partial charge in [0.25, 0.3) is 0 Å². The predicted octanol–water partition coefficient (Wildman–Crippen LogP) is 3.99. The Morgan fingerprint density at radius 3 is 2.44 bits per heavy atom. The topological polar surface area (TPSA) is 71.2 Å². The molecule has 0 aliphatic heterocycles. The summed E-state index contributed by atoms with van der Waals surface area (Å²) in [6, 6.07) is 6.98. The summed E-state index contributed by atoms with van der Waals surface area (Å²) in [5, 5.41) is 3.92. The molecule has 25 heavy (non-hydrogen) atoms. The van der Waals surface area contributed by atoms with E-state index in [-0.39, 0.29) is 11.8 Å². The van der Waals surface area contributed by atoms with Gasteiger partial charge in [-0.15, -0.1) is 0 Å². The number of carbonyl (C=O) groups excluding carboxylic acids is 2. The van der Waals surface area contributed by atoms with Gasteiger partial charge in [0.2, 0.25) is 0 Å². The zero-order valence-electron chi connectivity index (χ0n) is 15.1. The molecule has 0 fully saturated rings. The van der Waals surface area contributed by atoms with Crippen LogP contribution in [0.1, 0.15) is 57.6 Å². The monoisotopic (exact) mass is 362 g/mol. The minimum Gasteiger partial charge on any atom is -0.465 e. The summed E-state index contributed by atoms with van der Waals surface area (Å²) in [6.45, 7) is 7.24. The Labute approximate surface area is 152 Å². The van der Waals surface area contributed by atoms with E-state index in [1.165, 1.54) is 7.11 Å². The number of halogens is 1. The second kappa shape index (κ2) is 7.85. The predicted molar refractivity (Wildman–Crippen MR) is 98.4 cm³/mol. The van der Waals surface area contributed by atoms with Crippen molar-refractivity contribution in [3.63, 3.8) is 0 Å². The molecule has 2 atom stereocenters. The molecule has 1 aromatic heterocycles. The third kappa shape index (κ3) is 3.94. The number of benzene rings is 1. The molecule has 134 valence electrons. The van der Waals surface area contributed by atoms with E-state index in [4.69, 9.17) is 16.3 Å². The number of H-pyrrole nitrogens is 1. The highest BCUT2D eigenvalue weighted by Gasteiger charge is 2.26. The highest BCUT2D eigenvalue weighted by Crippen LogP contribution is 2.24. The van der Waals surface area contributed by atoms with Crippen molar-refractivity contribution in [3.8, 4) is 0 Å². The van der Waals surface area contributed by atoms with E-state index in [9.17, 15) is 9.59 Å². The molecule has 0 spiro atoms. The van der Waals surface area contributed by atoms with Crippen molar-refractivity contribution in [2.75, 3.05) is 7.11 Å². The molecule has 0 aliphatic carbocycles. The smallest absolute Gasteiger partial charge is 0.339 e. The van der Waals surface area contributed by atoms with Crippen LogP contribution in [-0.4, -0.2) is 29.9 Å². The van der Waals surface area contributed by atoms with Gasteiger partial charge in [-0.25, -0.2) is 4.79 Å². The lowest BCUT2D eigenvalue weighted by molar-refractivity contribution is 0.0599. The second-order valence-corrected chi connectivity index (χ2v) is 6.52. The highest BCUT2D eigenvalue weighted by molar-refractivity contribution is 6.31. The number of ketones is 1. The fourth-order valence-electron chi connectivity index (χ4n) is 2.99. The molecule has 0 bridgehead atoms. The summed E-state index contributed by atoms with van der Waals surface area (Å²) in [7, 11) is 1.32. The largest absolute Gasteiger partial charge is 0.465 e. The summed E-state index contributed by atoms with van der Waals surface area (Å²) in [5.74, 6) is -0.565. The number of methoxy groups -OCH3 is 1. The maximum absolute atomic E-state index is 12.8. The Hall–Kier alpha value is -2.11. The Kier molecular flexibility index (Phi) is 6.03. The van der Waals surface area contributed by atoms with Crippen molar-refractivity contribution in [2.45, 2.75) is 39.8 Å². The Bertz CT molecular complexity index is 798. The average molecular weight is 363 g/mol. The average Bonchev–Trinajstić information content (AvgIpc) is 2.88. The van der Waals surface area contributed by atoms with Gasteiger partial charge in [0.1, 0.15) is 0 Å². The van der Waals surface area contributed by atoms with Gasteiger partial charge in [-0.05, 0) is 44.9 Å². The van der Waals surface area contributed by atoms with Gasteiger partial charge < -0.3 is 15.0 Å².